The van der Waals surface area contributed by atoms with Gasteiger partial charge in [-0.25, -0.2) is 8.42 Å². The van der Waals surface area contributed by atoms with Gasteiger partial charge < -0.3 is 10.2 Å². The molecule has 206 valence electrons. The summed E-state index contributed by atoms with van der Waals surface area (Å²) in [4.78, 5) is 28.7. The van der Waals surface area contributed by atoms with E-state index in [2.05, 4.69) is 5.32 Å². The molecule has 7 nitrogen and oxygen atoms in total. The third-order valence-corrected chi connectivity index (χ3v) is 9.07. The quantitative estimate of drug-likeness (QED) is 0.377. The Morgan fingerprint density at radius 1 is 0.897 bits per heavy atom. The molecular weight excluding hydrogens is 510 g/mol. The third kappa shape index (κ3) is 7.26. The van der Waals surface area contributed by atoms with Gasteiger partial charge in [0.05, 0.1) is 10.6 Å². The molecule has 0 unspecified atom stereocenters. The molecule has 1 aliphatic carbocycles. The van der Waals surface area contributed by atoms with Gasteiger partial charge in [-0.1, -0.05) is 79.1 Å². The van der Waals surface area contributed by atoms with Crippen LogP contribution in [0.5, 0.6) is 0 Å². The van der Waals surface area contributed by atoms with Gasteiger partial charge in [-0.05, 0) is 62.9 Å². The first-order valence-corrected chi connectivity index (χ1v) is 15.0. The fourth-order valence-corrected chi connectivity index (χ4v) is 6.34. The smallest absolute Gasteiger partial charge is 0.264 e. The number of nitrogens with zero attached hydrogens (tertiary/aromatic N) is 2. The number of amides is 2. The Morgan fingerprint density at radius 2 is 1.49 bits per heavy atom. The molecule has 2 amide bonds. The normalized spacial score (nSPS) is 14.5. The van der Waals surface area contributed by atoms with Gasteiger partial charge in [-0.3, -0.25) is 13.9 Å². The van der Waals surface area contributed by atoms with Crippen molar-refractivity contribution in [2.45, 2.75) is 62.9 Å². The second-order valence-electron chi connectivity index (χ2n) is 10.1. The van der Waals surface area contributed by atoms with E-state index in [1.807, 2.05) is 37.3 Å². The highest BCUT2D eigenvalue weighted by Gasteiger charge is 2.33. The number of nitrogens with one attached hydrogen (secondary N) is 1. The van der Waals surface area contributed by atoms with E-state index < -0.39 is 28.5 Å². The highest BCUT2D eigenvalue weighted by atomic mass is 32.2. The average Bonchev–Trinajstić information content (AvgIpc) is 3.46. The second-order valence-corrected chi connectivity index (χ2v) is 12.0. The molecule has 3 aromatic carbocycles. The van der Waals surface area contributed by atoms with Crippen molar-refractivity contribution in [2.24, 2.45) is 0 Å². The summed E-state index contributed by atoms with van der Waals surface area (Å²) >= 11 is 0. The molecule has 1 atom stereocenters. The largest absolute Gasteiger partial charge is 0.352 e. The van der Waals surface area contributed by atoms with Crippen molar-refractivity contribution >= 4 is 27.5 Å². The number of benzene rings is 3. The lowest BCUT2D eigenvalue weighted by atomic mass is 10.1. The summed E-state index contributed by atoms with van der Waals surface area (Å²) in [6, 6.07) is 24.3. The maximum atomic E-state index is 13.9. The number of anilines is 1. The molecule has 0 aromatic heterocycles. The van der Waals surface area contributed by atoms with Crippen LogP contribution in [0.4, 0.5) is 5.69 Å². The van der Waals surface area contributed by atoms with Crippen LogP contribution >= 0.6 is 0 Å². The van der Waals surface area contributed by atoms with Crippen LogP contribution in [-0.2, 0) is 26.0 Å². The van der Waals surface area contributed by atoms with Crippen LogP contribution in [0.15, 0.2) is 89.8 Å². The first-order valence-electron chi connectivity index (χ1n) is 13.5. The summed E-state index contributed by atoms with van der Waals surface area (Å²) in [6.45, 7) is 3.47. The fourth-order valence-electron chi connectivity index (χ4n) is 4.92. The first kappa shape index (κ1) is 28.4. The molecule has 39 heavy (non-hydrogen) atoms. The highest BCUT2D eigenvalue weighted by Crippen LogP contribution is 2.24. The summed E-state index contributed by atoms with van der Waals surface area (Å²) in [7, 11) is -4.05. The van der Waals surface area contributed by atoms with Gasteiger partial charge in [0.1, 0.15) is 12.6 Å². The molecular formula is C31H37N3O4S. The van der Waals surface area contributed by atoms with Crippen LogP contribution in [0.1, 0.15) is 43.7 Å². The highest BCUT2D eigenvalue weighted by molar-refractivity contribution is 7.92. The number of rotatable bonds is 11. The number of sulfonamides is 1. The molecule has 1 N–H and O–H groups in total. The summed E-state index contributed by atoms with van der Waals surface area (Å²) in [5, 5.41) is 3.09. The zero-order valence-electron chi connectivity index (χ0n) is 22.6. The zero-order chi connectivity index (χ0) is 27.8. The third-order valence-electron chi connectivity index (χ3n) is 7.29. The number of carbonyl (C=O) groups excluding carboxylic acids is 2. The van der Waals surface area contributed by atoms with Gasteiger partial charge >= 0.3 is 0 Å². The first-order chi connectivity index (χ1) is 18.8. The Morgan fingerprint density at radius 3 is 2.10 bits per heavy atom. The molecule has 0 spiro atoms. The van der Waals surface area contributed by atoms with Crippen molar-refractivity contribution in [3.8, 4) is 0 Å². The van der Waals surface area contributed by atoms with Crippen molar-refractivity contribution in [1.82, 2.24) is 10.2 Å². The number of hydrogen-bond acceptors (Lipinski definition) is 4. The summed E-state index contributed by atoms with van der Waals surface area (Å²) in [5.41, 5.74) is 2.36. The van der Waals surface area contributed by atoms with E-state index in [-0.39, 0.29) is 23.4 Å². The van der Waals surface area contributed by atoms with Gasteiger partial charge in [0.25, 0.3) is 10.0 Å². The van der Waals surface area contributed by atoms with E-state index in [0.717, 1.165) is 41.1 Å². The molecule has 0 saturated heterocycles. The van der Waals surface area contributed by atoms with Crippen molar-refractivity contribution in [1.29, 1.82) is 0 Å². The minimum Gasteiger partial charge on any atom is -0.352 e. The lowest BCUT2D eigenvalue weighted by Gasteiger charge is -2.32. The standard InChI is InChI=1S/C31H37N3O4S/c1-24-17-19-29(20-18-24)39(37,38)34(28-15-7-4-8-16-28)23-30(35)33(22-21-26-11-5-3-6-12-26)25(2)31(36)32-27-13-9-10-14-27/h3-8,11-12,15-20,25,27H,9-10,13-14,21-23H2,1-2H3,(H,32,36)/t25-/m1/s1. The Balaban J connectivity index is 1.62. The van der Waals surface area contributed by atoms with Crippen LogP contribution in [0.2, 0.25) is 0 Å². The molecule has 8 heteroatoms. The molecule has 1 saturated carbocycles. The maximum Gasteiger partial charge on any atom is 0.264 e. The summed E-state index contributed by atoms with van der Waals surface area (Å²) in [6.07, 6.45) is 4.58. The van der Waals surface area contributed by atoms with E-state index in [1.165, 1.54) is 4.90 Å². The molecule has 1 aliphatic rings. The van der Waals surface area contributed by atoms with Gasteiger partial charge in [0, 0.05) is 12.6 Å². The lowest BCUT2D eigenvalue weighted by Crippen LogP contribution is -2.53. The van der Waals surface area contributed by atoms with Gasteiger partial charge in [0.2, 0.25) is 11.8 Å². The molecule has 0 aliphatic heterocycles. The minimum atomic E-state index is -4.05. The Labute approximate surface area is 231 Å². The fraction of sp³-hybridized carbons (Fsp3) is 0.355. The van der Waals surface area contributed by atoms with Gasteiger partial charge in [0.15, 0.2) is 0 Å². The lowest BCUT2D eigenvalue weighted by molar-refractivity contribution is -0.139. The Kier molecular flexibility index (Phi) is 9.41. The zero-order valence-corrected chi connectivity index (χ0v) is 23.4. The van der Waals surface area contributed by atoms with Gasteiger partial charge in [-0.15, -0.1) is 0 Å². The number of hydrogen-bond donors (Lipinski definition) is 1. The monoisotopic (exact) mass is 547 g/mol. The number of aryl methyl sites for hydroxylation is 1. The van der Waals surface area contributed by atoms with Gasteiger partial charge in [-0.2, -0.15) is 0 Å². The van der Waals surface area contributed by atoms with E-state index in [0.29, 0.717) is 12.1 Å². The molecule has 3 aromatic rings. The predicted molar refractivity (Wildman–Crippen MR) is 154 cm³/mol. The topological polar surface area (TPSA) is 86.8 Å². The molecule has 4 rings (SSSR count). The predicted octanol–water partition coefficient (Wildman–Crippen LogP) is 4.71. The van der Waals surface area contributed by atoms with E-state index in [9.17, 15) is 18.0 Å². The van der Waals surface area contributed by atoms with Crippen LogP contribution in [-0.4, -0.2) is 50.3 Å². The SMILES string of the molecule is Cc1ccc(S(=O)(=O)N(CC(=O)N(CCc2ccccc2)[C@H](C)C(=O)NC2CCCC2)c2ccccc2)cc1. The molecule has 0 radical (unpaired) electrons. The van der Waals surface area contributed by atoms with Crippen LogP contribution < -0.4 is 9.62 Å². The van der Waals surface area contributed by atoms with Crippen molar-refractivity contribution in [3.63, 3.8) is 0 Å². The Hall–Kier alpha value is -3.65. The second kappa shape index (κ2) is 12.9. The average molecular weight is 548 g/mol. The summed E-state index contributed by atoms with van der Waals surface area (Å²) < 4.78 is 28.7. The van der Waals surface area contributed by atoms with Crippen LogP contribution in [0, 0.1) is 6.92 Å². The van der Waals surface area contributed by atoms with Crippen molar-refractivity contribution in [3.05, 3.63) is 96.1 Å². The van der Waals surface area contributed by atoms with Crippen molar-refractivity contribution in [2.75, 3.05) is 17.4 Å². The number of para-hydroxylation sites is 1. The maximum absolute atomic E-state index is 13.9. The molecule has 0 bridgehead atoms. The van der Waals surface area contributed by atoms with Crippen molar-refractivity contribution < 1.29 is 18.0 Å². The van der Waals surface area contributed by atoms with Crippen LogP contribution in [0.3, 0.4) is 0 Å². The summed E-state index contributed by atoms with van der Waals surface area (Å²) in [5.74, 6) is -0.643. The minimum absolute atomic E-state index is 0.104. The van der Waals surface area contributed by atoms with Crippen LogP contribution in [0.25, 0.3) is 0 Å². The Bertz CT molecular complexity index is 1340. The number of carbonyl (C=O) groups is 2. The van der Waals surface area contributed by atoms with E-state index >= 15 is 0 Å². The molecule has 0 heterocycles. The molecule has 1 fully saturated rings. The van der Waals surface area contributed by atoms with E-state index in [1.54, 1.807) is 61.5 Å². The van der Waals surface area contributed by atoms with E-state index in [4.69, 9.17) is 0 Å².